The number of carbonyl (C=O) groups excluding carboxylic acids is 1. The van der Waals surface area contributed by atoms with Crippen molar-refractivity contribution in [2.24, 2.45) is 0 Å². The van der Waals surface area contributed by atoms with E-state index in [0.29, 0.717) is 22.8 Å². The van der Waals surface area contributed by atoms with E-state index in [-0.39, 0.29) is 11.7 Å². The van der Waals surface area contributed by atoms with Crippen molar-refractivity contribution in [1.82, 2.24) is 14.8 Å². The Morgan fingerprint density at radius 2 is 1.94 bits per heavy atom. The van der Waals surface area contributed by atoms with Gasteiger partial charge < -0.3 is 5.32 Å². The molecule has 0 unspecified atom stereocenters. The first-order valence-electron chi connectivity index (χ1n) is 9.59. The number of aromatic nitrogens is 3. The summed E-state index contributed by atoms with van der Waals surface area (Å²) in [6.45, 7) is 2.04. The molecule has 0 aliphatic carbocycles. The van der Waals surface area contributed by atoms with E-state index in [1.807, 2.05) is 47.2 Å². The number of nitriles is 1. The molecule has 0 saturated heterocycles. The number of rotatable bonds is 7. The quantitative estimate of drug-likeness (QED) is 0.412. The molecule has 2 heterocycles. The second-order valence-corrected chi connectivity index (χ2v) is 8.79. The summed E-state index contributed by atoms with van der Waals surface area (Å²) in [7, 11) is 0. The molecule has 0 aliphatic rings. The summed E-state index contributed by atoms with van der Waals surface area (Å²) in [5.74, 6) is 0.776. The minimum atomic E-state index is -0.203. The third-order valence-corrected chi connectivity index (χ3v) is 6.36. The maximum atomic E-state index is 12.5. The summed E-state index contributed by atoms with van der Waals surface area (Å²) in [6.07, 6.45) is 0.668. The number of hydrogen-bond acceptors (Lipinski definition) is 6. The molecule has 6 nitrogen and oxygen atoms in total. The molecule has 0 spiro atoms. The molecule has 2 aromatic heterocycles. The summed E-state index contributed by atoms with van der Waals surface area (Å²) in [4.78, 5) is 13.7. The third kappa shape index (κ3) is 5.02. The Hall–Kier alpha value is -3.41. The van der Waals surface area contributed by atoms with Crippen molar-refractivity contribution < 1.29 is 4.79 Å². The van der Waals surface area contributed by atoms with Gasteiger partial charge in [0.2, 0.25) is 5.91 Å². The maximum absolute atomic E-state index is 12.5. The van der Waals surface area contributed by atoms with E-state index in [0.717, 1.165) is 11.5 Å². The number of hydrogen-bond donors (Lipinski definition) is 1. The zero-order chi connectivity index (χ0) is 21.6. The van der Waals surface area contributed by atoms with Gasteiger partial charge in [-0.05, 0) is 42.6 Å². The fourth-order valence-electron chi connectivity index (χ4n) is 3.04. The number of nitrogens with zero attached hydrogens (tertiary/aromatic N) is 4. The van der Waals surface area contributed by atoms with E-state index in [1.54, 1.807) is 35.6 Å². The molecule has 0 atom stereocenters. The SMILES string of the molecule is Cc1ccc(-n2c(Cc3cccs3)nnc2SCC(=O)Nc2ccccc2C#N)cc1. The van der Waals surface area contributed by atoms with E-state index >= 15 is 0 Å². The largest absolute Gasteiger partial charge is 0.324 e. The van der Waals surface area contributed by atoms with E-state index in [4.69, 9.17) is 0 Å². The molecule has 4 rings (SSSR count). The van der Waals surface area contributed by atoms with Crippen LogP contribution in [-0.4, -0.2) is 26.4 Å². The van der Waals surface area contributed by atoms with E-state index in [2.05, 4.69) is 27.6 Å². The highest BCUT2D eigenvalue weighted by Crippen LogP contribution is 2.25. The van der Waals surface area contributed by atoms with Crippen molar-refractivity contribution in [3.05, 3.63) is 87.9 Å². The first kappa shape index (κ1) is 20.8. The number of thioether (sulfide) groups is 1. The van der Waals surface area contributed by atoms with Crippen LogP contribution in [0.1, 0.15) is 21.8 Å². The van der Waals surface area contributed by atoms with Crippen molar-refractivity contribution in [2.45, 2.75) is 18.5 Å². The van der Waals surface area contributed by atoms with Gasteiger partial charge in [0.1, 0.15) is 11.9 Å². The van der Waals surface area contributed by atoms with Gasteiger partial charge in [-0.15, -0.1) is 21.5 Å². The molecule has 0 bridgehead atoms. The molecular formula is C23H19N5OS2. The van der Waals surface area contributed by atoms with Gasteiger partial charge in [0, 0.05) is 17.0 Å². The van der Waals surface area contributed by atoms with Crippen LogP contribution in [0.15, 0.2) is 71.2 Å². The minimum Gasteiger partial charge on any atom is -0.324 e. The number of aryl methyl sites for hydroxylation is 1. The van der Waals surface area contributed by atoms with Gasteiger partial charge in [-0.25, -0.2) is 0 Å². The smallest absolute Gasteiger partial charge is 0.234 e. The van der Waals surface area contributed by atoms with Crippen LogP contribution in [0.25, 0.3) is 5.69 Å². The van der Waals surface area contributed by atoms with Crippen LogP contribution in [0.3, 0.4) is 0 Å². The zero-order valence-electron chi connectivity index (χ0n) is 16.8. The van der Waals surface area contributed by atoms with Crippen LogP contribution in [-0.2, 0) is 11.2 Å². The predicted molar refractivity (Wildman–Crippen MR) is 124 cm³/mol. The Morgan fingerprint density at radius 1 is 1.13 bits per heavy atom. The van der Waals surface area contributed by atoms with Gasteiger partial charge in [0.15, 0.2) is 5.16 Å². The average Bonchev–Trinajstić information content (AvgIpc) is 3.44. The Labute approximate surface area is 188 Å². The lowest BCUT2D eigenvalue weighted by Crippen LogP contribution is -2.15. The van der Waals surface area contributed by atoms with Crippen molar-refractivity contribution in [3.8, 4) is 11.8 Å². The Balaban J connectivity index is 1.55. The molecule has 154 valence electrons. The minimum absolute atomic E-state index is 0.156. The number of para-hydroxylation sites is 1. The molecule has 0 aliphatic heterocycles. The molecule has 0 radical (unpaired) electrons. The molecule has 4 aromatic rings. The summed E-state index contributed by atoms with van der Waals surface area (Å²) < 4.78 is 2.00. The highest BCUT2D eigenvalue weighted by atomic mass is 32.2. The van der Waals surface area contributed by atoms with E-state index in [1.165, 1.54) is 22.2 Å². The number of thiophene rings is 1. The highest BCUT2D eigenvalue weighted by molar-refractivity contribution is 7.99. The normalized spacial score (nSPS) is 10.6. The van der Waals surface area contributed by atoms with Crippen molar-refractivity contribution in [1.29, 1.82) is 5.26 Å². The van der Waals surface area contributed by atoms with Crippen LogP contribution in [0, 0.1) is 18.3 Å². The van der Waals surface area contributed by atoms with Crippen LogP contribution in [0.5, 0.6) is 0 Å². The number of amides is 1. The van der Waals surface area contributed by atoms with Crippen molar-refractivity contribution >= 4 is 34.7 Å². The van der Waals surface area contributed by atoms with Crippen molar-refractivity contribution in [2.75, 3.05) is 11.1 Å². The van der Waals surface area contributed by atoms with Gasteiger partial charge in [0.25, 0.3) is 0 Å². The van der Waals surface area contributed by atoms with E-state index in [9.17, 15) is 10.1 Å². The predicted octanol–water partition coefficient (Wildman–Crippen LogP) is 4.83. The molecule has 0 fully saturated rings. The lowest BCUT2D eigenvalue weighted by molar-refractivity contribution is -0.113. The van der Waals surface area contributed by atoms with Gasteiger partial charge in [-0.3, -0.25) is 9.36 Å². The Kier molecular flexibility index (Phi) is 6.46. The Bertz CT molecular complexity index is 1220. The third-order valence-electron chi connectivity index (χ3n) is 4.56. The summed E-state index contributed by atoms with van der Waals surface area (Å²) in [5.41, 5.74) is 3.07. The lowest BCUT2D eigenvalue weighted by Gasteiger charge is -2.11. The zero-order valence-corrected chi connectivity index (χ0v) is 18.4. The van der Waals surface area contributed by atoms with Crippen LogP contribution in [0.2, 0.25) is 0 Å². The monoisotopic (exact) mass is 445 g/mol. The maximum Gasteiger partial charge on any atom is 0.234 e. The first-order chi connectivity index (χ1) is 15.1. The van der Waals surface area contributed by atoms with Gasteiger partial charge in [0.05, 0.1) is 17.0 Å². The number of anilines is 1. The molecule has 31 heavy (non-hydrogen) atoms. The summed E-state index contributed by atoms with van der Waals surface area (Å²) >= 11 is 3.00. The first-order valence-corrected chi connectivity index (χ1v) is 11.5. The Morgan fingerprint density at radius 3 is 2.68 bits per heavy atom. The van der Waals surface area contributed by atoms with Gasteiger partial charge >= 0.3 is 0 Å². The molecular weight excluding hydrogens is 426 g/mol. The molecule has 2 aromatic carbocycles. The number of benzene rings is 2. The standard InChI is InChI=1S/C23H19N5OS2/c1-16-8-10-18(11-9-16)28-21(13-19-6-4-12-30-19)26-27-23(28)31-15-22(29)25-20-7-3-2-5-17(20)14-24/h2-12H,13,15H2,1H3,(H,25,29). The second-order valence-electron chi connectivity index (χ2n) is 6.82. The fourth-order valence-corrected chi connectivity index (χ4v) is 4.51. The van der Waals surface area contributed by atoms with Crippen molar-refractivity contribution in [3.63, 3.8) is 0 Å². The second kappa shape index (κ2) is 9.60. The lowest BCUT2D eigenvalue weighted by atomic mass is 10.2. The average molecular weight is 446 g/mol. The molecule has 0 saturated carbocycles. The molecule has 1 N–H and O–H groups in total. The van der Waals surface area contributed by atoms with Crippen LogP contribution in [0.4, 0.5) is 5.69 Å². The molecule has 1 amide bonds. The van der Waals surface area contributed by atoms with Gasteiger partial charge in [-0.1, -0.05) is 47.7 Å². The van der Waals surface area contributed by atoms with Crippen LogP contribution >= 0.6 is 23.1 Å². The number of carbonyl (C=O) groups is 1. The fraction of sp³-hybridized carbons (Fsp3) is 0.130. The molecule has 8 heteroatoms. The summed E-state index contributed by atoms with van der Waals surface area (Å²) in [6, 6.07) is 21.3. The van der Waals surface area contributed by atoms with Crippen LogP contribution < -0.4 is 5.32 Å². The topological polar surface area (TPSA) is 83.6 Å². The van der Waals surface area contributed by atoms with E-state index < -0.39 is 0 Å². The highest BCUT2D eigenvalue weighted by Gasteiger charge is 2.17. The number of nitrogens with one attached hydrogen (secondary N) is 1. The summed E-state index contributed by atoms with van der Waals surface area (Å²) in [5, 5.41) is 23.5. The van der Waals surface area contributed by atoms with Gasteiger partial charge in [-0.2, -0.15) is 5.26 Å².